The number of fused-ring (bicyclic) bond motifs is 2. The van der Waals surface area contributed by atoms with Gasteiger partial charge in [0.25, 0.3) is 0 Å². The summed E-state index contributed by atoms with van der Waals surface area (Å²) in [6.45, 7) is 2.50. The molecular formula is C13H19NO3. The number of hydrogen-bond donors (Lipinski definition) is 1. The Labute approximate surface area is 102 Å². The molecule has 4 nitrogen and oxygen atoms in total. The lowest BCUT2D eigenvalue weighted by atomic mass is 9.60. The van der Waals surface area contributed by atoms with Crippen molar-refractivity contribution in [2.24, 2.45) is 5.41 Å². The molecule has 0 aromatic carbocycles. The fourth-order valence-corrected chi connectivity index (χ4v) is 3.89. The van der Waals surface area contributed by atoms with Crippen molar-refractivity contribution in [1.29, 1.82) is 5.26 Å². The zero-order valence-corrected chi connectivity index (χ0v) is 10.2. The summed E-state index contributed by atoms with van der Waals surface area (Å²) < 4.78 is 11.3. The highest BCUT2D eigenvalue weighted by Crippen LogP contribution is 2.56. The Bertz CT molecular complexity index is 366. The van der Waals surface area contributed by atoms with Crippen LogP contribution in [0, 0.1) is 16.7 Å². The van der Waals surface area contributed by atoms with Gasteiger partial charge in [-0.15, -0.1) is 0 Å². The number of ether oxygens (including phenoxy) is 2. The molecule has 5 atom stereocenters. The minimum absolute atomic E-state index is 0.0260. The van der Waals surface area contributed by atoms with Gasteiger partial charge in [0.15, 0.2) is 0 Å². The van der Waals surface area contributed by atoms with E-state index in [1.807, 2.05) is 6.92 Å². The molecule has 0 aromatic heterocycles. The van der Waals surface area contributed by atoms with Crippen LogP contribution in [-0.2, 0) is 9.47 Å². The van der Waals surface area contributed by atoms with Crippen molar-refractivity contribution in [3.8, 4) is 6.07 Å². The van der Waals surface area contributed by atoms with Gasteiger partial charge < -0.3 is 14.6 Å². The molecule has 0 saturated carbocycles. The molecule has 3 aliphatic heterocycles. The molecule has 3 rings (SSSR count). The van der Waals surface area contributed by atoms with Gasteiger partial charge in [-0.05, 0) is 26.2 Å². The van der Waals surface area contributed by atoms with Gasteiger partial charge in [-0.1, -0.05) is 0 Å². The molecule has 0 aromatic rings. The predicted octanol–water partition coefficient (Wildman–Crippen LogP) is 1.38. The molecule has 5 unspecified atom stereocenters. The summed E-state index contributed by atoms with van der Waals surface area (Å²) in [5.74, 6) is 0. The maximum Gasteiger partial charge on any atom is 0.115 e. The molecule has 0 aliphatic carbocycles. The Morgan fingerprint density at radius 2 is 2.18 bits per heavy atom. The largest absolute Gasteiger partial charge is 0.388 e. The Kier molecular flexibility index (Phi) is 2.48. The maximum absolute atomic E-state index is 10.9. The van der Waals surface area contributed by atoms with Gasteiger partial charge in [0.2, 0.25) is 0 Å². The van der Waals surface area contributed by atoms with E-state index >= 15 is 0 Å². The molecule has 17 heavy (non-hydrogen) atoms. The van der Waals surface area contributed by atoms with Crippen molar-refractivity contribution in [3.05, 3.63) is 0 Å². The van der Waals surface area contributed by atoms with Crippen LogP contribution in [0.25, 0.3) is 0 Å². The van der Waals surface area contributed by atoms with Crippen molar-refractivity contribution in [1.82, 2.24) is 0 Å². The quantitative estimate of drug-likeness (QED) is 0.748. The number of nitriles is 1. The normalized spacial score (nSPS) is 53.6. The summed E-state index contributed by atoms with van der Waals surface area (Å²) in [5.41, 5.74) is -1.63. The first kappa shape index (κ1) is 11.5. The first-order chi connectivity index (χ1) is 8.10. The van der Waals surface area contributed by atoms with Crippen LogP contribution in [0.3, 0.4) is 0 Å². The Morgan fingerprint density at radius 3 is 2.71 bits per heavy atom. The fourth-order valence-electron chi connectivity index (χ4n) is 3.89. The first-order valence-corrected chi connectivity index (χ1v) is 6.50. The zero-order valence-electron chi connectivity index (χ0n) is 10.2. The van der Waals surface area contributed by atoms with Crippen LogP contribution in [0.15, 0.2) is 0 Å². The summed E-state index contributed by atoms with van der Waals surface area (Å²) in [6, 6.07) is 2.41. The van der Waals surface area contributed by atoms with E-state index in [4.69, 9.17) is 9.47 Å². The summed E-state index contributed by atoms with van der Waals surface area (Å²) in [4.78, 5) is 0. The van der Waals surface area contributed by atoms with Gasteiger partial charge in [0.1, 0.15) is 5.41 Å². The molecular weight excluding hydrogens is 218 g/mol. The minimum Gasteiger partial charge on any atom is -0.388 e. The van der Waals surface area contributed by atoms with E-state index in [9.17, 15) is 10.4 Å². The van der Waals surface area contributed by atoms with E-state index in [0.29, 0.717) is 25.9 Å². The molecule has 3 heterocycles. The Hall–Kier alpha value is -0.630. The van der Waals surface area contributed by atoms with Crippen LogP contribution in [0.4, 0.5) is 0 Å². The van der Waals surface area contributed by atoms with E-state index in [1.54, 1.807) is 0 Å². The second kappa shape index (κ2) is 3.68. The second-order valence-electron chi connectivity index (χ2n) is 5.78. The van der Waals surface area contributed by atoms with Crippen LogP contribution in [0.2, 0.25) is 0 Å². The number of hydrogen-bond acceptors (Lipinski definition) is 4. The summed E-state index contributed by atoms with van der Waals surface area (Å²) in [5, 5.41) is 20.5. The van der Waals surface area contributed by atoms with E-state index in [1.165, 1.54) is 0 Å². The third-order valence-electron chi connectivity index (χ3n) is 4.78. The molecule has 4 heteroatoms. The molecule has 2 bridgehead atoms. The topological polar surface area (TPSA) is 62.5 Å². The monoisotopic (exact) mass is 237 g/mol. The molecule has 0 spiro atoms. The Morgan fingerprint density at radius 1 is 1.35 bits per heavy atom. The van der Waals surface area contributed by atoms with Crippen molar-refractivity contribution < 1.29 is 14.6 Å². The van der Waals surface area contributed by atoms with Crippen LogP contribution in [-0.4, -0.2) is 35.6 Å². The highest BCUT2D eigenvalue weighted by molar-refractivity contribution is 5.21. The molecule has 0 amide bonds. The summed E-state index contributed by atoms with van der Waals surface area (Å²) in [6.07, 6.45) is 3.88. The van der Waals surface area contributed by atoms with Crippen molar-refractivity contribution >= 4 is 0 Å². The van der Waals surface area contributed by atoms with E-state index in [2.05, 4.69) is 6.07 Å². The van der Waals surface area contributed by atoms with E-state index in [0.717, 1.165) is 12.8 Å². The zero-order chi connectivity index (χ0) is 12.1. The van der Waals surface area contributed by atoms with Crippen LogP contribution < -0.4 is 0 Å². The first-order valence-electron chi connectivity index (χ1n) is 6.50. The molecule has 3 saturated heterocycles. The van der Waals surface area contributed by atoms with Crippen molar-refractivity contribution in [3.63, 3.8) is 0 Å². The molecule has 3 fully saturated rings. The lowest BCUT2D eigenvalue weighted by molar-refractivity contribution is -0.160. The maximum atomic E-state index is 10.9. The third-order valence-corrected chi connectivity index (χ3v) is 4.78. The van der Waals surface area contributed by atoms with Crippen LogP contribution in [0.5, 0.6) is 0 Å². The molecule has 1 N–H and O–H groups in total. The predicted molar refractivity (Wildman–Crippen MR) is 60.2 cm³/mol. The van der Waals surface area contributed by atoms with Crippen molar-refractivity contribution in [2.75, 3.05) is 6.61 Å². The number of aliphatic hydroxyl groups is 1. The van der Waals surface area contributed by atoms with Crippen molar-refractivity contribution in [2.45, 2.75) is 62.9 Å². The SMILES string of the molecule is CC1CC(O)(C2(C#N)CC3CCC2O3)CCO1. The Balaban J connectivity index is 1.93. The smallest absolute Gasteiger partial charge is 0.115 e. The van der Waals surface area contributed by atoms with Crippen LogP contribution in [0.1, 0.15) is 39.0 Å². The van der Waals surface area contributed by atoms with Crippen LogP contribution >= 0.6 is 0 Å². The standard InChI is InChI=1S/C13H19NO3/c1-9-6-13(15,4-5-16-9)12(8-14)7-10-2-3-11(12)17-10/h9-11,15H,2-7H2,1H3. The number of rotatable bonds is 1. The van der Waals surface area contributed by atoms with E-state index in [-0.39, 0.29) is 18.3 Å². The van der Waals surface area contributed by atoms with Gasteiger partial charge in [-0.3, -0.25) is 0 Å². The summed E-state index contributed by atoms with van der Waals surface area (Å²) >= 11 is 0. The highest BCUT2D eigenvalue weighted by Gasteiger charge is 2.64. The number of nitrogens with zero attached hydrogens (tertiary/aromatic N) is 1. The lowest BCUT2D eigenvalue weighted by Crippen LogP contribution is -2.57. The van der Waals surface area contributed by atoms with E-state index < -0.39 is 11.0 Å². The lowest BCUT2D eigenvalue weighted by Gasteiger charge is -2.47. The average molecular weight is 237 g/mol. The minimum atomic E-state index is -0.931. The second-order valence-corrected chi connectivity index (χ2v) is 5.78. The van der Waals surface area contributed by atoms with Gasteiger partial charge in [-0.2, -0.15) is 5.26 Å². The van der Waals surface area contributed by atoms with Gasteiger partial charge in [0, 0.05) is 19.4 Å². The molecule has 3 aliphatic rings. The van der Waals surface area contributed by atoms with Gasteiger partial charge >= 0.3 is 0 Å². The highest BCUT2D eigenvalue weighted by atomic mass is 16.5. The average Bonchev–Trinajstić information content (AvgIpc) is 2.88. The summed E-state index contributed by atoms with van der Waals surface area (Å²) in [7, 11) is 0. The molecule has 0 radical (unpaired) electrons. The fraction of sp³-hybridized carbons (Fsp3) is 0.923. The third kappa shape index (κ3) is 1.46. The van der Waals surface area contributed by atoms with Gasteiger partial charge in [0.05, 0.1) is 30.0 Å². The van der Waals surface area contributed by atoms with Gasteiger partial charge in [-0.25, -0.2) is 0 Å². The molecule has 94 valence electrons.